The largest absolute Gasteiger partial charge is 0.389 e. The van der Waals surface area contributed by atoms with Crippen LogP contribution in [0.15, 0.2) is 49.6 Å². The minimum atomic E-state index is -4.47. The molecule has 4 aromatic heterocycles. The zero-order valence-electron chi connectivity index (χ0n) is 37.4. The predicted molar refractivity (Wildman–Crippen MR) is 247 cm³/mol. The van der Waals surface area contributed by atoms with E-state index in [2.05, 4.69) is 45.9 Å². The average Bonchev–Trinajstić information content (AvgIpc) is 4.08. The number of fused-ring (bicyclic) bond motifs is 4. The SMILES string of the molecule is B[P@@]1OC[C@H]2O[C@@H](n3cnc4c(N)ncnc43)[C@H](F)[C@@H]2OP(=O)(SCc2ccc(NC(=O)[C@H](C)NC(=O)C(NC(=O)CCC)C(C)C)cc2)OC[C@H]2O[C@@H](n3cnc4c(N)ncnc43)[C@H](F)[C@@H]2O1. The number of anilines is 3. The average molecular weight is 1000 g/mol. The van der Waals surface area contributed by atoms with Gasteiger partial charge in [-0.3, -0.25) is 32.6 Å². The summed E-state index contributed by atoms with van der Waals surface area (Å²) < 4.78 is 88.1. The molecular formula is C39H50BF2N13O10P2S. The number of nitrogens with two attached hydrogens (primary N) is 2. The van der Waals surface area contributed by atoms with Crippen molar-refractivity contribution in [1.29, 1.82) is 0 Å². The first-order valence-electron chi connectivity index (χ1n) is 21.6. The molecule has 12 atom stereocenters. The lowest BCUT2D eigenvalue weighted by Gasteiger charge is -2.30. The lowest BCUT2D eigenvalue weighted by atomic mass is 10.0. The molecule has 23 nitrogen and oxygen atoms in total. The Balaban J connectivity index is 1.00. The number of halogens is 2. The second kappa shape index (κ2) is 20.9. The van der Waals surface area contributed by atoms with Crippen molar-refractivity contribution in [2.45, 2.75) is 108 Å². The Morgan fingerprint density at radius 2 is 1.46 bits per heavy atom. The number of nitrogens with zero attached hydrogens (tertiary/aromatic N) is 8. The number of hydrogen-bond acceptors (Lipinski definition) is 19. The highest BCUT2D eigenvalue weighted by Crippen LogP contribution is 2.64. The normalized spacial score (nSPS) is 28.5. The fraction of sp³-hybridized carbons (Fsp3) is 0.513. The van der Waals surface area contributed by atoms with Gasteiger partial charge in [-0.25, -0.2) is 43.2 Å². The van der Waals surface area contributed by atoms with E-state index in [0.29, 0.717) is 17.7 Å². The predicted octanol–water partition coefficient (Wildman–Crippen LogP) is 3.40. The Morgan fingerprint density at radius 3 is 2.04 bits per heavy atom. The van der Waals surface area contributed by atoms with Gasteiger partial charge < -0.3 is 45.9 Å². The summed E-state index contributed by atoms with van der Waals surface area (Å²) in [4.78, 5) is 63.2. The second-order valence-corrected chi connectivity index (χ2v) is 21.9. The second-order valence-electron chi connectivity index (χ2n) is 16.5. The third-order valence-electron chi connectivity index (χ3n) is 11.3. The monoisotopic (exact) mass is 1000 g/mol. The number of aromatic nitrogens is 8. The molecule has 0 bridgehead atoms. The van der Waals surface area contributed by atoms with Gasteiger partial charge in [-0.2, -0.15) is 0 Å². The maximum atomic E-state index is 16.9. The van der Waals surface area contributed by atoms with E-state index in [1.54, 1.807) is 45.7 Å². The number of ether oxygens (including phenoxy) is 2. The van der Waals surface area contributed by atoms with Crippen LogP contribution in [0.4, 0.5) is 26.1 Å². The van der Waals surface area contributed by atoms with Crippen molar-refractivity contribution in [3.05, 3.63) is 55.1 Å². The van der Waals surface area contributed by atoms with E-state index in [4.69, 9.17) is 39.0 Å². The molecule has 3 amide bonds. The number of imidazole rings is 2. The number of amides is 3. The summed E-state index contributed by atoms with van der Waals surface area (Å²) in [7, 11) is -0.278. The number of hydrogen-bond donors (Lipinski definition) is 5. The molecule has 3 fully saturated rings. The van der Waals surface area contributed by atoms with E-state index in [9.17, 15) is 14.4 Å². The fourth-order valence-electron chi connectivity index (χ4n) is 7.73. The lowest BCUT2D eigenvalue weighted by Crippen LogP contribution is -2.53. The number of benzene rings is 1. The Kier molecular flexibility index (Phi) is 15.2. The highest BCUT2D eigenvalue weighted by atomic mass is 32.7. The Morgan fingerprint density at radius 1 is 0.868 bits per heavy atom. The van der Waals surface area contributed by atoms with Crippen molar-refractivity contribution in [3.8, 4) is 0 Å². The standard InChI is InChI=1S/C39H50BF2N13O10P2S/c1-5-6-24(56)53-27(18(2)3)37(58)51-19(4)36(57)52-21-9-7-20(8-10-21)13-68-67(59)61-12-23-30(25(41)38(63-23)54-16-49-28-32(43)45-14-47-34(28)54)64-66(40)60-11-22-31(65-67)26(42)39(62-22)55-17-50-29-33(44)46-15-48-35(29)55/h7-10,14-19,22-23,25-27,30-31,38-39H,5-6,11-13,40H2,1-4H3,(H,51,58)(H,52,57)(H,53,56)(H2,43,45,47)(H2,44,46,48)/t19-,22+,23+,25+,26+,27?,30+,31+,38+,39+,66-,67?/m0/s1. The fourth-order valence-corrected chi connectivity index (χ4v) is 12.1. The number of alkyl halides is 2. The molecule has 1 aromatic carbocycles. The molecule has 0 saturated carbocycles. The Hall–Kier alpha value is -4.98. The van der Waals surface area contributed by atoms with Crippen molar-refractivity contribution in [3.63, 3.8) is 0 Å². The van der Waals surface area contributed by atoms with Gasteiger partial charge in [0.15, 0.2) is 47.7 Å². The molecule has 3 aliphatic heterocycles. The smallest absolute Gasteiger partial charge is 0.382 e. The third-order valence-corrected chi connectivity index (χ3v) is 16.0. The lowest BCUT2D eigenvalue weighted by molar-refractivity contribution is -0.131. The molecule has 0 aliphatic carbocycles. The van der Waals surface area contributed by atoms with Crippen molar-refractivity contribution in [2.75, 3.05) is 30.0 Å². The zero-order valence-corrected chi connectivity index (χ0v) is 40.0. The van der Waals surface area contributed by atoms with Gasteiger partial charge in [0, 0.05) is 17.9 Å². The minimum Gasteiger partial charge on any atom is -0.382 e. The summed E-state index contributed by atoms with van der Waals surface area (Å²) in [6.45, 7) is 1.62. The summed E-state index contributed by atoms with van der Waals surface area (Å²) in [6, 6.07) is 4.74. The highest BCUT2D eigenvalue weighted by Gasteiger charge is 2.54. The van der Waals surface area contributed by atoms with Crippen LogP contribution < -0.4 is 27.4 Å². The van der Waals surface area contributed by atoms with E-state index in [1.807, 2.05) is 6.92 Å². The maximum Gasteiger partial charge on any atom is 0.389 e. The minimum absolute atomic E-state index is 0.0159. The van der Waals surface area contributed by atoms with Crippen molar-refractivity contribution < 1.29 is 55.3 Å². The Bertz CT molecular complexity index is 2680. The number of nitrogen functional groups attached to an aromatic ring is 2. The van der Waals surface area contributed by atoms with E-state index in [-0.39, 0.29) is 64.6 Å². The van der Waals surface area contributed by atoms with Crippen molar-refractivity contribution in [2.24, 2.45) is 5.92 Å². The van der Waals surface area contributed by atoms with Crippen LogP contribution in [0.25, 0.3) is 22.3 Å². The van der Waals surface area contributed by atoms with Gasteiger partial charge in [0.2, 0.25) is 25.3 Å². The van der Waals surface area contributed by atoms with Gasteiger partial charge in [0.05, 0.1) is 25.9 Å². The number of nitrogens with one attached hydrogen (secondary N) is 3. The van der Waals surface area contributed by atoms with Gasteiger partial charge >= 0.3 is 6.80 Å². The van der Waals surface area contributed by atoms with Gasteiger partial charge in [0.25, 0.3) is 0 Å². The number of rotatable bonds is 13. The number of carbonyl (C=O) groups is 3. The van der Waals surface area contributed by atoms with Crippen molar-refractivity contribution >= 4 is 91.4 Å². The van der Waals surface area contributed by atoms with Crippen LogP contribution >= 0.6 is 26.4 Å². The zero-order chi connectivity index (χ0) is 48.4. The Labute approximate surface area is 393 Å². The van der Waals surface area contributed by atoms with Crippen LogP contribution in [0, 0.1) is 5.92 Å². The van der Waals surface area contributed by atoms with Gasteiger partial charge in [0.1, 0.15) is 68.4 Å². The molecule has 3 saturated heterocycles. The molecule has 68 heavy (non-hydrogen) atoms. The molecule has 0 spiro atoms. The molecule has 0 radical (unpaired) electrons. The van der Waals surface area contributed by atoms with Crippen LogP contribution in [0.2, 0.25) is 0 Å². The van der Waals surface area contributed by atoms with Crippen LogP contribution in [-0.2, 0) is 52.3 Å². The quantitative estimate of drug-likeness (QED) is 0.0834. The van der Waals surface area contributed by atoms with Crippen LogP contribution in [0.5, 0.6) is 0 Å². The van der Waals surface area contributed by atoms with E-state index in [0.717, 1.165) is 11.4 Å². The first kappa shape index (κ1) is 49.4. The van der Waals surface area contributed by atoms with E-state index in [1.165, 1.54) is 41.4 Å². The van der Waals surface area contributed by atoms with Crippen LogP contribution in [0.3, 0.4) is 0 Å². The number of carbonyl (C=O) groups excluding carboxylic acids is 3. The molecule has 2 unspecified atom stereocenters. The van der Waals surface area contributed by atoms with Crippen molar-refractivity contribution in [1.82, 2.24) is 49.7 Å². The summed E-state index contributed by atoms with van der Waals surface area (Å²) >= 11 is 0.734. The van der Waals surface area contributed by atoms with Gasteiger partial charge in [-0.15, -0.1) is 0 Å². The summed E-state index contributed by atoms with van der Waals surface area (Å²) in [6.07, 6.45) is -5.95. The molecule has 29 heteroatoms. The van der Waals surface area contributed by atoms with Crippen LogP contribution in [-0.4, -0.2) is 126 Å². The molecule has 7 heterocycles. The van der Waals surface area contributed by atoms with Crippen LogP contribution in [0.1, 0.15) is 58.6 Å². The molecule has 3 aliphatic rings. The van der Waals surface area contributed by atoms with Gasteiger partial charge in [-0.1, -0.05) is 32.9 Å². The van der Waals surface area contributed by atoms with E-state index < -0.39 is 94.8 Å². The topological polar surface area (TPSA) is 299 Å². The molecule has 364 valence electrons. The molecule has 8 rings (SSSR count). The molecular weight excluding hydrogens is 953 g/mol. The first-order valence-corrected chi connectivity index (χ1v) is 26.4. The highest BCUT2D eigenvalue weighted by molar-refractivity contribution is 8.54. The maximum absolute atomic E-state index is 16.9. The molecule has 7 N–H and O–H groups in total. The summed E-state index contributed by atoms with van der Waals surface area (Å²) in [5.74, 6) is -1.36. The summed E-state index contributed by atoms with van der Waals surface area (Å²) in [5.41, 5.74) is 13.8. The van der Waals surface area contributed by atoms with E-state index >= 15 is 13.3 Å². The first-order chi connectivity index (χ1) is 32.5. The van der Waals surface area contributed by atoms with Gasteiger partial charge in [-0.05, 0) is 48.3 Å². The summed E-state index contributed by atoms with van der Waals surface area (Å²) in [5, 5.41) is 8.15. The molecule has 5 aromatic rings. The third kappa shape index (κ3) is 10.6.